The van der Waals surface area contributed by atoms with Gasteiger partial charge in [0.25, 0.3) is 5.91 Å². The quantitative estimate of drug-likeness (QED) is 0.838. The number of hydrogen-bond acceptors (Lipinski definition) is 7. The first-order valence-electron chi connectivity index (χ1n) is 7.80. The average Bonchev–Trinajstić information content (AvgIpc) is 3.12. The summed E-state index contributed by atoms with van der Waals surface area (Å²) in [6.45, 7) is 3.40. The summed E-state index contributed by atoms with van der Waals surface area (Å²) in [4.78, 5) is 17.1. The van der Waals surface area contributed by atoms with Crippen LogP contribution in [-0.2, 0) is 12.8 Å². The predicted octanol–water partition coefficient (Wildman–Crippen LogP) is 1.09. The fourth-order valence-electron chi connectivity index (χ4n) is 3.11. The molecule has 1 aliphatic carbocycles. The van der Waals surface area contributed by atoms with E-state index in [9.17, 15) is 4.79 Å². The van der Waals surface area contributed by atoms with E-state index in [0.717, 1.165) is 49.0 Å². The zero-order valence-electron chi connectivity index (χ0n) is 13.2. The van der Waals surface area contributed by atoms with E-state index >= 15 is 0 Å². The minimum Gasteiger partial charge on any atom is -0.351 e. The van der Waals surface area contributed by atoms with Gasteiger partial charge in [0.2, 0.25) is 0 Å². The number of aromatic nitrogens is 4. The fourth-order valence-corrected chi connectivity index (χ4v) is 3.75. The standard InChI is InChI=1S/C15H18N6OS/c1-9-14(23-19-16-9)15(22)20(2)11-7-21(8-11)13-6-10-4-3-5-12(10)17-18-13/h6,11H,3-5,7-8H2,1-2H3. The number of amides is 1. The molecule has 1 fully saturated rings. The fraction of sp³-hybridized carbons (Fsp3) is 0.533. The van der Waals surface area contributed by atoms with E-state index < -0.39 is 0 Å². The normalized spacial score (nSPS) is 17.0. The van der Waals surface area contributed by atoms with Gasteiger partial charge in [-0.15, -0.1) is 10.2 Å². The second-order valence-electron chi connectivity index (χ2n) is 6.19. The second kappa shape index (κ2) is 5.52. The first-order chi connectivity index (χ1) is 11.1. The maximum Gasteiger partial charge on any atom is 0.267 e. The molecule has 2 aromatic rings. The summed E-state index contributed by atoms with van der Waals surface area (Å²) in [5.74, 6) is 0.931. The Morgan fingerprint density at radius 3 is 2.87 bits per heavy atom. The molecule has 0 aromatic carbocycles. The third kappa shape index (κ3) is 2.46. The molecule has 0 spiro atoms. The largest absolute Gasteiger partial charge is 0.351 e. The van der Waals surface area contributed by atoms with Crippen LogP contribution in [0.2, 0.25) is 0 Å². The number of likely N-dealkylation sites (N-methyl/N-ethyl adjacent to an activating group) is 1. The van der Waals surface area contributed by atoms with Crippen molar-refractivity contribution in [2.45, 2.75) is 32.2 Å². The molecule has 3 heterocycles. The van der Waals surface area contributed by atoms with E-state index in [2.05, 4.69) is 30.8 Å². The molecule has 0 unspecified atom stereocenters. The van der Waals surface area contributed by atoms with Gasteiger partial charge in [-0.25, -0.2) is 0 Å². The number of hydrogen-bond donors (Lipinski definition) is 0. The zero-order chi connectivity index (χ0) is 16.0. The van der Waals surface area contributed by atoms with Gasteiger partial charge in [0.15, 0.2) is 5.82 Å². The van der Waals surface area contributed by atoms with Crippen LogP contribution in [0.25, 0.3) is 0 Å². The summed E-state index contributed by atoms with van der Waals surface area (Å²) in [7, 11) is 1.85. The Kier molecular flexibility index (Phi) is 3.48. The highest BCUT2D eigenvalue weighted by Crippen LogP contribution is 2.27. The average molecular weight is 330 g/mol. The molecule has 0 N–H and O–H groups in total. The van der Waals surface area contributed by atoms with Crippen LogP contribution >= 0.6 is 11.5 Å². The highest BCUT2D eigenvalue weighted by Gasteiger charge is 2.35. The van der Waals surface area contributed by atoms with Crippen molar-refractivity contribution in [3.8, 4) is 0 Å². The van der Waals surface area contributed by atoms with Crippen molar-refractivity contribution in [1.82, 2.24) is 24.7 Å². The Balaban J connectivity index is 1.41. The van der Waals surface area contributed by atoms with Crippen LogP contribution in [0.15, 0.2) is 6.07 Å². The van der Waals surface area contributed by atoms with Crippen LogP contribution in [0.4, 0.5) is 5.82 Å². The number of fused-ring (bicyclic) bond motifs is 1. The highest BCUT2D eigenvalue weighted by atomic mass is 32.1. The Bertz CT molecular complexity index is 754. The highest BCUT2D eigenvalue weighted by molar-refractivity contribution is 7.07. The first kappa shape index (κ1) is 14.5. The van der Waals surface area contributed by atoms with Crippen LogP contribution in [0.1, 0.15) is 33.0 Å². The van der Waals surface area contributed by atoms with Crippen molar-refractivity contribution in [3.05, 3.63) is 27.9 Å². The molecule has 1 saturated heterocycles. The van der Waals surface area contributed by atoms with E-state index in [1.807, 2.05) is 14.0 Å². The molecule has 23 heavy (non-hydrogen) atoms. The number of carbonyl (C=O) groups is 1. The molecule has 1 aliphatic heterocycles. The van der Waals surface area contributed by atoms with Crippen LogP contribution in [0.3, 0.4) is 0 Å². The molecule has 8 heteroatoms. The SMILES string of the molecule is Cc1nnsc1C(=O)N(C)C1CN(c2cc3c(nn2)CCC3)C1. The van der Waals surface area contributed by atoms with E-state index in [-0.39, 0.29) is 11.9 Å². The van der Waals surface area contributed by atoms with Gasteiger partial charge in [-0.3, -0.25) is 4.79 Å². The first-order valence-corrected chi connectivity index (χ1v) is 8.57. The monoisotopic (exact) mass is 330 g/mol. The van der Waals surface area contributed by atoms with Crippen molar-refractivity contribution in [2.75, 3.05) is 25.0 Å². The lowest BCUT2D eigenvalue weighted by Gasteiger charge is -2.44. The number of aryl methyl sites for hydroxylation is 3. The minimum absolute atomic E-state index is 0.00203. The predicted molar refractivity (Wildman–Crippen MR) is 86.8 cm³/mol. The topological polar surface area (TPSA) is 75.1 Å². The molecule has 120 valence electrons. The van der Waals surface area contributed by atoms with Crippen molar-refractivity contribution in [1.29, 1.82) is 0 Å². The summed E-state index contributed by atoms with van der Waals surface area (Å²) >= 11 is 1.16. The molecular formula is C15H18N6OS. The van der Waals surface area contributed by atoms with Crippen molar-refractivity contribution < 1.29 is 4.79 Å². The second-order valence-corrected chi connectivity index (χ2v) is 6.94. The van der Waals surface area contributed by atoms with Gasteiger partial charge in [0, 0.05) is 20.1 Å². The summed E-state index contributed by atoms with van der Waals surface area (Å²) in [5, 5.41) is 12.6. The van der Waals surface area contributed by atoms with E-state index in [0.29, 0.717) is 10.6 Å². The smallest absolute Gasteiger partial charge is 0.267 e. The minimum atomic E-state index is 0.00203. The third-order valence-corrected chi connectivity index (χ3v) is 5.52. The molecule has 0 saturated carbocycles. The van der Waals surface area contributed by atoms with Crippen LogP contribution in [0.5, 0.6) is 0 Å². The molecular weight excluding hydrogens is 312 g/mol. The van der Waals surface area contributed by atoms with E-state index in [1.165, 1.54) is 12.0 Å². The molecule has 7 nitrogen and oxygen atoms in total. The number of nitrogens with zero attached hydrogens (tertiary/aromatic N) is 6. The molecule has 2 aliphatic rings. The Morgan fingerprint density at radius 2 is 2.13 bits per heavy atom. The van der Waals surface area contributed by atoms with E-state index in [1.54, 1.807) is 4.90 Å². The molecule has 0 atom stereocenters. The summed E-state index contributed by atoms with van der Waals surface area (Å²) in [6, 6.07) is 2.35. The van der Waals surface area contributed by atoms with Crippen molar-refractivity contribution in [3.63, 3.8) is 0 Å². The van der Waals surface area contributed by atoms with Crippen molar-refractivity contribution in [2.24, 2.45) is 0 Å². The maximum absolute atomic E-state index is 12.5. The molecule has 0 bridgehead atoms. The van der Waals surface area contributed by atoms with Crippen molar-refractivity contribution >= 4 is 23.3 Å². The molecule has 1 amide bonds. The van der Waals surface area contributed by atoms with Crippen LogP contribution in [-0.4, -0.2) is 56.8 Å². The summed E-state index contributed by atoms with van der Waals surface area (Å²) in [5.41, 5.74) is 3.17. The molecule has 2 aromatic heterocycles. The van der Waals surface area contributed by atoms with Gasteiger partial charge in [0.1, 0.15) is 4.88 Å². The van der Waals surface area contributed by atoms with Gasteiger partial charge in [0.05, 0.1) is 17.4 Å². The maximum atomic E-state index is 12.5. The van der Waals surface area contributed by atoms with Gasteiger partial charge >= 0.3 is 0 Å². The van der Waals surface area contributed by atoms with Gasteiger partial charge in [-0.05, 0) is 49.3 Å². The van der Waals surface area contributed by atoms with E-state index in [4.69, 9.17) is 0 Å². The summed E-state index contributed by atoms with van der Waals surface area (Å²) in [6.07, 6.45) is 3.32. The van der Waals surface area contributed by atoms with Crippen LogP contribution < -0.4 is 4.90 Å². The number of carbonyl (C=O) groups excluding carboxylic acids is 1. The van der Waals surface area contributed by atoms with Gasteiger partial charge in [-0.1, -0.05) is 4.49 Å². The van der Waals surface area contributed by atoms with Gasteiger partial charge in [-0.2, -0.15) is 5.10 Å². The van der Waals surface area contributed by atoms with Gasteiger partial charge < -0.3 is 9.80 Å². The Hall–Kier alpha value is -2.09. The Labute approximate surface area is 138 Å². The summed E-state index contributed by atoms with van der Waals surface area (Å²) < 4.78 is 3.84. The zero-order valence-corrected chi connectivity index (χ0v) is 14.0. The lowest BCUT2D eigenvalue weighted by atomic mass is 10.1. The number of anilines is 1. The lowest BCUT2D eigenvalue weighted by molar-refractivity contribution is 0.0709. The molecule has 4 rings (SSSR count). The van der Waals surface area contributed by atoms with Crippen LogP contribution in [0, 0.1) is 6.92 Å². The Morgan fingerprint density at radius 1 is 1.30 bits per heavy atom. The third-order valence-electron chi connectivity index (χ3n) is 4.71. The lowest BCUT2D eigenvalue weighted by Crippen LogP contribution is -2.60. The number of rotatable bonds is 3. The molecule has 0 radical (unpaired) electrons.